The van der Waals surface area contributed by atoms with E-state index in [-0.39, 0.29) is 0 Å². The first-order valence-corrected chi connectivity index (χ1v) is 7.80. The number of thiazole rings is 1. The van der Waals surface area contributed by atoms with Crippen molar-refractivity contribution in [2.24, 2.45) is 0 Å². The number of alkyl halides is 1. The summed E-state index contributed by atoms with van der Waals surface area (Å²) < 4.78 is 6.74. The number of rotatable bonds is 6. The molecule has 2 aromatic rings. The second-order valence-electron chi connectivity index (χ2n) is 3.76. The fourth-order valence-corrected chi connectivity index (χ4v) is 2.89. The molecule has 1 aromatic carbocycles. The maximum absolute atomic E-state index is 5.71. The molecule has 0 atom stereocenters. The van der Waals surface area contributed by atoms with Gasteiger partial charge in [-0.3, -0.25) is 0 Å². The zero-order chi connectivity index (χ0) is 12.8. The van der Waals surface area contributed by atoms with Gasteiger partial charge in [-0.05, 0) is 11.6 Å². The third kappa shape index (κ3) is 4.05. The van der Waals surface area contributed by atoms with E-state index in [0.29, 0.717) is 19.1 Å². The van der Waals surface area contributed by atoms with Gasteiger partial charge in [0.1, 0.15) is 0 Å². The third-order valence-corrected chi connectivity index (χ3v) is 4.42. The Morgan fingerprint density at radius 1 is 1.33 bits per heavy atom. The van der Waals surface area contributed by atoms with Crippen LogP contribution in [0.1, 0.15) is 16.3 Å². The van der Waals surface area contributed by atoms with Gasteiger partial charge < -0.3 is 4.74 Å². The Balaban J connectivity index is 1.74. The summed E-state index contributed by atoms with van der Waals surface area (Å²) in [5.74, 6) is 0.480. The molecule has 1 aromatic heterocycles. The number of halogens is 2. The average Bonchev–Trinajstić information content (AvgIpc) is 2.84. The van der Waals surface area contributed by atoms with Gasteiger partial charge in [0, 0.05) is 16.3 Å². The van der Waals surface area contributed by atoms with Crippen molar-refractivity contribution in [3.63, 3.8) is 0 Å². The second kappa shape index (κ2) is 7.24. The molecule has 0 spiro atoms. The number of hydrogen-bond acceptors (Lipinski definition) is 3. The molecule has 2 nitrogen and oxygen atoms in total. The Hall–Kier alpha value is -0.420. The molecule has 0 aliphatic carbocycles. The Bertz CT molecular complexity index is 503. The van der Waals surface area contributed by atoms with Crippen molar-refractivity contribution >= 4 is 38.9 Å². The van der Waals surface area contributed by atoms with Crippen LogP contribution in [0.2, 0.25) is 0 Å². The van der Waals surface area contributed by atoms with Gasteiger partial charge in [-0.2, -0.15) is 0 Å². The molecular formula is C13H13BrClNOS. The topological polar surface area (TPSA) is 22.1 Å². The zero-order valence-corrected chi connectivity index (χ0v) is 12.9. The summed E-state index contributed by atoms with van der Waals surface area (Å²) in [6.45, 7) is 1.30. The third-order valence-electron chi connectivity index (χ3n) is 2.41. The minimum atomic E-state index is 0.480. The first-order valence-electron chi connectivity index (χ1n) is 5.60. The van der Waals surface area contributed by atoms with E-state index in [2.05, 4.69) is 27.0 Å². The van der Waals surface area contributed by atoms with Crippen LogP contribution in [0.5, 0.6) is 0 Å². The summed E-state index contributed by atoms with van der Waals surface area (Å²) in [5.41, 5.74) is 2.11. The molecule has 0 bridgehead atoms. The van der Waals surface area contributed by atoms with Gasteiger partial charge in [-0.25, -0.2) is 4.98 Å². The standard InChI is InChI=1S/C13H13BrClNOS/c14-12-4-2-1-3-10(12)8-17-6-5-13-16-11(7-15)9-18-13/h1-4,9H,5-8H2. The van der Waals surface area contributed by atoms with Crippen LogP contribution >= 0.6 is 38.9 Å². The van der Waals surface area contributed by atoms with Crippen molar-refractivity contribution in [1.82, 2.24) is 4.98 Å². The summed E-state index contributed by atoms with van der Waals surface area (Å²) in [6, 6.07) is 8.08. The fourth-order valence-electron chi connectivity index (χ4n) is 1.48. The lowest BCUT2D eigenvalue weighted by Crippen LogP contribution is -1.99. The van der Waals surface area contributed by atoms with Gasteiger partial charge in [-0.1, -0.05) is 34.1 Å². The highest BCUT2D eigenvalue weighted by Crippen LogP contribution is 2.17. The highest BCUT2D eigenvalue weighted by molar-refractivity contribution is 9.10. The van der Waals surface area contributed by atoms with Crippen LogP contribution in [0.25, 0.3) is 0 Å². The molecule has 0 saturated carbocycles. The molecular weight excluding hydrogens is 334 g/mol. The van der Waals surface area contributed by atoms with E-state index in [1.807, 2.05) is 23.6 Å². The van der Waals surface area contributed by atoms with E-state index in [0.717, 1.165) is 27.2 Å². The monoisotopic (exact) mass is 345 g/mol. The zero-order valence-electron chi connectivity index (χ0n) is 9.73. The normalized spacial score (nSPS) is 10.8. The first kappa shape index (κ1) is 14.0. The Morgan fingerprint density at radius 3 is 2.89 bits per heavy atom. The summed E-state index contributed by atoms with van der Waals surface area (Å²) in [5, 5.41) is 3.08. The largest absolute Gasteiger partial charge is 0.376 e. The SMILES string of the molecule is ClCc1csc(CCOCc2ccccc2Br)n1. The van der Waals surface area contributed by atoms with Crippen LogP contribution in [-0.2, 0) is 23.6 Å². The highest BCUT2D eigenvalue weighted by atomic mass is 79.9. The van der Waals surface area contributed by atoms with E-state index in [9.17, 15) is 0 Å². The van der Waals surface area contributed by atoms with Crippen LogP contribution in [0.15, 0.2) is 34.1 Å². The average molecular weight is 347 g/mol. The number of aromatic nitrogens is 1. The molecule has 0 saturated heterocycles. The quantitative estimate of drug-likeness (QED) is 0.571. The Morgan fingerprint density at radius 2 is 2.17 bits per heavy atom. The van der Waals surface area contributed by atoms with Gasteiger partial charge in [0.25, 0.3) is 0 Å². The van der Waals surface area contributed by atoms with Gasteiger partial charge in [0.15, 0.2) is 0 Å². The second-order valence-corrected chi connectivity index (χ2v) is 5.82. The maximum atomic E-state index is 5.71. The van der Waals surface area contributed by atoms with E-state index in [4.69, 9.17) is 16.3 Å². The van der Waals surface area contributed by atoms with Crippen molar-refractivity contribution in [2.75, 3.05) is 6.61 Å². The molecule has 1 heterocycles. The Kier molecular flexibility index (Phi) is 5.63. The van der Waals surface area contributed by atoms with Gasteiger partial charge in [-0.15, -0.1) is 22.9 Å². The maximum Gasteiger partial charge on any atom is 0.0951 e. The smallest absolute Gasteiger partial charge is 0.0951 e. The Labute approximate surface area is 124 Å². The fraction of sp³-hybridized carbons (Fsp3) is 0.308. The van der Waals surface area contributed by atoms with Crippen molar-refractivity contribution < 1.29 is 4.74 Å². The summed E-state index contributed by atoms with van der Waals surface area (Å²) in [4.78, 5) is 4.39. The van der Waals surface area contributed by atoms with Crippen molar-refractivity contribution in [3.05, 3.63) is 50.4 Å². The number of benzene rings is 1. The van der Waals surface area contributed by atoms with E-state index < -0.39 is 0 Å². The molecule has 96 valence electrons. The predicted octanol–water partition coefficient (Wildman–Crippen LogP) is 4.40. The minimum Gasteiger partial charge on any atom is -0.376 e. The van der Waals surface area contributed by atoms with Gasteiger partial charge in [0.2, 0.25) is 0 Å². The molecule has 0 N–H and O–H groups in total. The van der Waals surface area contributed by atoms with Crippen molar-refractivity contribution in [3.8, 4) is 0 Å². The molecule has 0 radical (unpaired) electrons. The molecule has 5 heteroatoms. The van der Waals surface area contributed by atoms with Crippen LogP contribution in [0, 0.1) is 0 Å². The van der Waals surface area contributed by atoms with Gasteiger partial charge >= 0.3 is 0 Å². The van der Waals surface area contributed by atoms with E-state index in [1.165, 1.54) is 0 Å². The molecule has 0 amide bonds. The molecule has 2 rings (SSSR count). The lowest BCUT2D eigenvalue weighted by molar-refractivity contribution is 0.123. The predicted molar refractivity (Wildman–Crippen MR) is 79.2 cm³/mol. The molecule has 0 fully saturated rings. The van der Waals surface area contributed by atoms with Crippen LogP contribution in [0.4, 0.5) is 0 Å². The highest BCUT2D eigenvalue weighted by Gasteiger charge is 2.02. The number of ether oxygens (including phenoxy) is 1. The van der Waals surface area contributed by atoms with Crippen LogP contribution < -0.4 is 0 Å². The van der Waals surface area contributed by atoms with Crippen molar-refractivity contribution in [1.29, 1.82) is 0 Å². The van der Waals surface area contributed by atoms with E-state index in [1.54, 1.807) is 11.3 Å². The lowest BCUT2D eigenvalue weighted by Gasteiger charge is -2.05. The molecule has 18 heavy (non-hydrogen) atoms. The molecule has 0 unspecified atom stereocenters. The molecule has 0 aliphatic heterocycles. The number of nitrogens with zero attached hydrogens (tertiary/aromatic N) is 1. The van der Waals surface area contributed by atoms with E-state index >= 15 is 0 Å². The van der Waals surface area contributed by atoms with Crippen molar-refractivity contribution in [2.45, 2.75) is 18.9 Å². The molecule has 0 aliphatic rings. The first-order chi connectivity index (χ1) is 8.79. The summed E-state index contributed by atoms with van der Waals surface area (Å²) in [7, 11) is 0. The van der Waals surface area contributed by atoms with Crippen LogP contribution in [-0.4, -0.2) is 11.6 Å². The number of hydrogen-bond donors (Lipinski definition) is 0. The summed E-state index contributed by atoms with van der Waals surface area (Å²) >= 11 is 10.8. The summed E-state index contributed by atoms with van der Waals surface area (Å²) in [6.07, 6.45) is 0.839. The minimum absolute atomic E-state index is 0.480. The van der Waals surface area contributed by atoms with Crippen LogP contribution in [0.3, 0.4) is 0 Å². The van der Waals surface area contributed by atoms with Gasteiger partial charge in [0.05, 0.1) is 29.8 Å². The lowest BCUT2D eigenvalue weighted by atomic mass is 10.2.